The van der Waals surface area contributed by atoms with Crippen molar-refractivity contribution in [1.29, 1.82) is 0 Å². The highest BCUT2D eigenvalue weighted by atomic mass is 32.2. The first-order valence-electron chi connectivity index (χ1n) is 5.92. The summed E-state index contributed by atoms with van der Waals surface area (Å²) in [4.78, 5) is 13.0. The molecule has 5 heteroatoms. The van der Waals surface area contributed by atoms with Gasteiger partial charge in [0.25, 0.3) is 5.91 Å². The number of amides is 1. The van der Waals surface area contributed by atoms with Crippen LogP contribution in [-0.4, -0.2) is 44.6 Å². The van der Waals surface area contributed by atoms with E-state index in [2.05, 4.69) is 5.32 Å². The van der Waals surface area contributed by atoms with Crippen LogP contribution in [0.5, 0.6) is 0 Å². The molecule has 0 saturated carbocycles. The number of hydrogen-bond acceptors (Lipinski definition) is 4. The molecule has 1 aromatic carbocycles. The van der Waals surface area contributed by atoms with E-state index in [1.165, 1.54) is 0 Å². The van der Waals surface area contributed by atoms with Crippen molar-refractivity contribution in [2.24, 2.45) is 0 Å². The average Bonchev–Trinajstić information content (AvgIpc) is 2.45. The molecular formula is C13H17NO3S. The van der Waals surface area contributed by atoms with Crippen LogP contribution in [0.15, 0.2) is 29.2 Å². The second kappa shape index (κ2) is 6.78. The van der Waals surface area contributed by atoms with Gasteiger partial charge in [-0.3, -0.25) is 4.79 Å². The molecule has 1 atom stereocenters. The summed E-state index contributed by atoms with van der Waals surface area (Å²) in [6.45, 7) is 2.27. The summed E-state index contributed by atoms with van der Waals surface area (Å²) in [5, 5.41) is 2.89. The molecule has 0 radical (unpaired) electrons. The van der Waals surface area contributed by atoms with Gasteiger partial charge >= 0.3 is 0 Å². The lowest BCUT2D eigenvalue weighted by molar-refractivity contribution is -0.0855. The van der Waals surface area contributed by atoms with Crippen LogP contribution in [0.1, 0.15) is 10.4 Å². The first-order chi connectivity index (χ1) is 8.81. The summed E-state index contributed by atoms with van der Waals surface area (Å²) < 4.78 is 10.8. The molecule has 0 aromatic heterocycles. The molecule has 1 amide bonds. The summed E-state index contributed by atoms with van der Waals surface area (Å²) in [5.41, 5.74) is 0.710. The molecule has 98 valence electrons. The van der Waals surface area contributed by atoms with Crippen LogP contribution in [0.4, 0.5) is 0 Å². The van der Waals surface area contributed by atoms with Gasteiger partial charge in [0, 0.05) is 11.4 Å². The standard InChI is InChI=1S/C13H17NO3S/c1-18-12-5-3-2-4-11(12)13(15)14-8-10-9-16-6-7-17-10/h2-5,10H,6-9H2,1H3,(H,14,15). The van der Waals surface area contributed by atoms with E-state index in [4.69, 9.17) is 9.47 Å². The zero-order valence-electron chi connectivity index (χ0n) is 10.3. The summed E-state index contributed by atoms with van der Waals surface area (Å²) >= 11 is 1.57. The number of thioether (sulfide) groups is 1. The van der Waals surface area contributed by atoms with Crippen LogP contribution < -0.4 is 5.32 Å². The normalized spacial score (nSPS) is 19.5. The summed E-state index contributed by atoms with van der Waals surface area (Å²) in [5.74, 6) is -0.0610. The SMILES string of the molecule is CSc1ccccc1C(=O)NCC1COCCO1. The van der Waals surface area contributed by atoms with Crippen LogP contribution in [0.25, 0.3) is 0 Å². The molecule has 1 aliphatic rings. The smallest absolute Gasteiger partial charge is 0.252 e. The minimum absolute atomic E-state index is 0.0378. The van der Waals surface area contributed by atoms with Gasteiger partial charge in [0.2, 0.25) is 0 Å². The van der Waals surface area contributed by atoms with Crippen molar-refractivity contribution in [3.8, 4) is 0 Å². The molecule has 0 bridgehead atoms. The average molecular weight is 267 g/mol. The van der Waals surface area contributed by atoms with Crippen LogP contribution >= 0.6 is 11.8 Å². The first-order valence-corrected chi connectivity index (χ1v) is 7.14. The highest BCUT2D eigenvalue weighted by Gasteiger charge is 2.16. The molecule has 0 spiro atoms. The van der Waals surface area contributed by atoms with E-state index in [0.717, 1.165) is 4.90 Å². The minimum atomic E-state index is -0.0610. The largest absolute Gasteiger partial charge is 0.376 e. The maximum absolute atomic E-state index is 12.0. The molecule has 1 heterocycles. The molecule has 1 N–H and O–H groups in total. The summed E-state index contributed by atoms with van der Waals surface area (Å²) in [7, 11) is 0. The molecule has 1 aromatic rings. The van der Waals surface area contributed by atoms with Crippen LogP contribution in [0.3, 0.4) is 0 Å². The summed E-state index contributed by atoms with van der Waals surface area (Å²) in [6.07, 6.45) is 1.92. The van der Waals surface area contributed by atoms with Crippen molar-refractivity contribution in [2.45, 2.75) is 11.0 Å². The fraction of sp³-hybridized carbons (Fsp3) is 0.462. The number of rotatable bonds is 4. The van der Waals surface area contributed by atoms with Crippen molar-refractivity contribution in [3.63, 3.8) is 0 Å². The highest BCUT2D eigenvalue weighted by Crippen LogP contribution is 2.19. The van der Waals surface area contributed by atoms with Crippen molar-refractivity contribution < 1.29 is 14.3 Å². The van der Waals surface area contributed by atoms with E-state index in [1.807, 2.05) is 30.5 Å². The molecule has 1 unspecified atom stereocenters. The molecule has 4 nitrogen and oxygen atoms in total. The Morgan fingerprint density at radius 3 is 3.00 bits per heavy atom. The fourth-order valence-corrected chi connectivity index (χ4v) is 2.38. The second-order valence-corrected chi connectivity index (χ2v) is 4.83. The predicted octanol–water partition coefficient (Wildman–Crippen LogP) is 1.55. The molecule has 1 saturated heterocycles. The van der Waals surface area contributed by atoms with E-state index >= 15 is 0 Å². The predicted molar refractivity (Wildman–Crippen MR) is 71.1 cm³/mol. The third-order valence-electron chi connectivity index (χ3n) is 2.73. The lowest BCUT2D eigenvalue weighted by Crippen LogP contribution is -2.39. The number of benzene rings is 1. The Bertz CT molecular complexity index is 405. The van der Waals surface area contributed by atoms with Gasteiger partial charge in [0.05, 0.1) is 31.5 Å². The number of nitrogens with one attached hydrogen (secondary N) is 1. The van der Waals surface area contributed by atoms with E-state index in [1.54, 1.807) is 11.8 Å². The Morgan fingerprint density at radius 2 is 2.28 bits per heavy atom. The highest BCUT2D eigenvalue weighted by molar-refractivity contribution is 7.98. The Morgan fingerprint density at radius 1 is 1.44 bits per heavy atom. The third kappa shape index (κ3) is 3.48. The van der Waals surface area contributed by atoms with Crippen molar-refractivity contribution in [3.05, 3.63) is 29.8 Å². The topological polar surface area (TPSA) is 47.6 Å². The van der Waals surface area contributed by atoms with Gasteiger partial charge in [-0.15, -0.1) is 11.8 Å². The number of ether oxygens (including phenoxy) is 2. The Kier molecular flexibility index (Phi) is 5.04. The van der Waals surface area contributed by atoms with Crippen LogP contribution in [0, 0.1) is 0 Å². The van der Waals surface area contributed by atoms with E-state index in [-0.39, 0.29) is 12.0 Å². The van der Waals surface area contributed by atoms with Gasteiger partial charge in [0.15, 0.2) is 0 Å². The maximum atomic E-state index is 12.0. The maximum Gasteiger partial charge on any atom is 0.252 e. The monoisotopic (exact) mass is 267 g/mol. The van der Waals surface area contributed by atoms with E-state index in [0.29, 0.717) is 31.9 Å². The van der Waals surface area contributed by atoms with Gasteiger partial charge in [-0.25, -0.2) is 0 Å². The molecule has 0 aliphatic carbocycles. The molecule has 2 rings (SSSR count). The van der Waals surface area contributed by atoms with Gasteiger partial charge in [0.1, 0.15) is 0 Å². The van der Waals surface area contributed by atoms with E-state index < -0.39 is 0 Å². The van der Waals surface area contributed by atoms with Gasteiger partial charge in [-0.1, -0.05) is 12.1 Å². The van der Waals surface area contributed by atoms with Gasteiger partial charge < -0.3 is 14.8 Å². The number of carbonyl (C=O) groups excluding carboxylic acids is 1. The molecule has 1 fully saturated rings. The van der Waals surface area contributed by atoms with Crippen molar-refractivity contribution in [1.82, 2.24) is 5.32 Å². The second-order valence-electron chi connectivity index (χ2n) is 3.98. The Balaban J connectivity index is 1.90. The molecule has 1 aliphatic heterocycles. The fourth-order valence-electron chi connectivity index (χ4n) is 1.79. The lowest BCUT2D eigenvalue weighted by atomic mass is 10.2. The van der Waals surface area contributed by atoms with Gasteiger partial charge in [-0.2, -0.15) is 0 Å². The Hall–Kier alpha value is -1.04. The third-order valence-corrected chi connectivity index (χ3v) is 3.52. The molecular weight excluding hydrogens is 250 g/mol. The van der Waals surface area contributed by atoms with Crippen LogP contribution in [0.2, 0.25) is 0 Å². The van der Waals surface area contributed by atoms with Crippen LogP contribution in [-0.2, 0) is 9.47 Å². The first kappa shape index (κ1) is 13.4. The zero-order chi connectivity index (χ0) is 12.8. The molecule has 18 heavy (non-hydrogen) atoms. The number of carbonyl (C=O) groups is 1. The quantitative estimate of drug-likeness (QED) is 0.841. The summed E-state index contributed by atoms with van der Waals surface area (Å²) in [6, 6.07) is 7.58. The Labute approximate surface area is 111 Å². The lowest BCUT2D eigenvalue weighted by Gasteiger charge is -2.23. The zero-order valence-corrected chi connectivity index (χ0v) is 11.2. The van der Waals surface area contributed by atoms with E-state index in [9.17, 15) is 4.79 Å². The van der Waals surface area contributed by atoms with Gasteiger partial charge in [-0.05, 0) is 18.4 Å². The minimum Gasteiger partial charge on any atom is -0.376 e. The number of hydrogen-bond donors (Lipinski definition) is 1. The van der Waals surface area contributed by atoms with Crippen molar-refractivity contribution >= 4 is 17.7 Å². The van der Waals surface area contributed by atoms with Crippen molar-refractivity contribution in [2.75, 3.05) is 32.6 Å².